The first kappa shape index (κ1) is 22.5. The maximum atomic E-state index is 12.8. The number of carbonyl (C=O) groups excluding carboxylic acids is 2. The van der Waals surface area contributed by atoms with Crippen molar-refractivity contribution in [3.63, 3.8) is 0 Å². The minimum atomic E-state index is -0.296. The Labute approximate surface area is 212 Å². The molecule has 0 N–H and O–H groups in total. The van der Waals surface area contributed by atoms with Crippen LogP contribution in [-0.2, 0) is 0 Å². The van der Waals surface area contributed by atoms with Crippen LogP contribution in [-0.4, -0.2) is 48.0 Å². The smallest absolute Gasteiger partial charge is 0.261 e. The lowest BCUT2D eigenvalue weighted by Crippen LogP contribution is -2.34. The zero-order valence-corrected chi connectivity index (χ0v) is 20.2. The van der Waals surface area contributed by atoms with Gasteiger partial charge in [0, 0.05) is 12.1 Å². The predicted molar refractivity (Wildman–Crippen MR) is 135 cm³/mol. The van der Waals surface area contributed by atoms with Crippen molar-refractivity contribution >= 4 is 11.8 Å². The topological polar surface area (TPSA) is 107 Å². The number of carbonyl (C=O) groups is 2. The Balaban J connectivity index is 1.26. The van der Waals surface area contributed by atoms with Crippen LogP contribution in [0.1, 0.15) is 39.2 Å². The van der Waals surface area contributed by atoms with Gasteiger partial charge in [-0.15, -0.1) is 10.2 Å². The quantitative estimate of drug-likeness (QED) is 0.314. The van der Waals surface area contributed by atoms with Gasteiger partial charge in [-0.1, -0.05) is 42.5 Å². The summed E-state index contributed by atoms with van der Waals surface area (Å²) in [5.74, 6) is 0.978. The van der Waals surface area contributed by atoms with Crippen molar-refractivity contribution in [1.82, 2.24) is 29.6 Å². The summed E-state index contributed by atoms with van der Waals surface area (Å²) < 4.78 is 7.84. The minimum Gasteiger partial charge on any atom is -0.435 e. The lowest BCUT2D eigenvalue weighted by Gasteiger charge is -2.21. The third kappa shape index (κ3) is 3.90. The van der Waals surface area contributed by atoms with E-state index in [0.29, 0.717) is 40.0 Å². The first-order valence-electron chi connectivity index (χ1n) is 11.9. The molecule has 37 heavy (non-hydrogen) atoms. The van der Waals surface area contributed by atoms with Crippen molar-refractivity contribution in [2.24, 2.45) is 0 Å². The number of rotatable bonds is 6. The van der Waals surface area contributed by atoms with Crippen LogP contribution in [0.2, 0.25) is 0 Å². The molecule has 1 atom stereocenters. The molecule has 1 aliphatic heterocycles. The van der Waals surface area contributed by atoms with Crippen LogP contribution in [0.3, 0.4) is 0 Å². The molecule has 0 radical (unpaired) electrons. The fraction of sp³-hybridized carbons (Fsp3) is 0.143. The fourth-order valence-electron chi connectivity index (χ4n) is 4.55. The monoisotopic (exact) mass is 490 g/mol. The van der Waals surface area contributed by atoms with E-state index < -0.39 is 0 Å². The van der Waals surface area contributed by atoms with E-state index in [9.17, 15) is 9.59 Å². The van der Waals surface area contributed by atoms with Crippen LogP contribution in [0.5, 0.6) is 0 Å². The van der Waals surface area contributed by atoms with Crippen LogP contribution in [0.15, 0.2) is 83.7 Å². The molecule has 1 aliphatic rings. The fourth-order valence-corrected chi connectivity index (χ4v) is 4.55. The summed E-state index contributed by atoms with van der Waals surface area (Å²) >= 11 is 0. The van der Waals surface area contributed by atoms with E-state index >= 15 is 0 Å². The Kier molecular flexibility index (Phi) is 5.45. The molecule has 0 bridgehead atoms. The van der Waals surface area contributed by atoms with Crippen molar-refractivity contribution in [2.75, 3.05) is 6.54 Å². The average Bonchev–Trinajstić information content (AvgIpc) is 3.66. The summed E-state index contributed by atoms with van der Waals surface area (Å²) in [5.41, 5.74) is 4.04. The molecule has 5 aromatic rings. The molecule has 9 nitrogen and oxygen atoms in total. The van der Waals surface area contributed by atoms with Crippen molar-refractivity contribution in [1.29, 1.82) is 0 Å². The lowest BCUT2D eigenvalue weighted by molar-refractivity contribution is 0.0635. The van der Waals surface area contributed by atoms with Crippen LogP contribution in [0, 0.1) is 6.92 Å². The maximum Gasteiger partial charge on any atom is 0.261 e. The Morgan fingerprint density at radius 3 is 2.27 bits per heavy atom. The number of nitrogens with zero attached hydrogens (tertiary/aromatic N) is 6. The van der Waals surface area contributed by atoms with Gasteiger partial charge < -0.3 is 8.98 Å². The largest absolute Gasteiger partial charge is 0.435 e. The van der Waals surface area contributed by atoms with Gasteiger partial charge in [-0.05, 0) is 43.7 Å². The van der Waals surface area contributed by atoms with E-state index in [0.717, 1.165) is 11.1 Å². The van der Waals surface area contributed by atoms with Crippen LogP contribution < -0.4 is 0 Å². The molecule has 0 saturated heterocycles. The van der Waals surface area contributed by atoms with Crippen LogP contribution in [0.25, 0.3) is 34.4 Å². The van der Waals surface area contributed by atoms with Crippen molar-refractivity contribution in [3.05, 3.63) is 95.9 Å². The normalized spacial score (nSPS) is 13.7. The highest BCUT2D eigenvalue weighted by molar-refractivity contribution is 6.21. The highest BCUT2D eigenvalue weighted by atomic mass is 16.4. The highest BCUT2D eigenvalue weighted by Crippen LogP contribution is 2.29. The third-order valence-corrected chi connectivity index (χ3v) is 6.49. The summed E-state index contributed by atoms with van der Waals surface area (Å²) in [4.78, 5) is 36.1. The van der Waals surface area contributed by atoms with Crippen molar-refractivity contribution < 1.29 is 14.0 Å². The first-order chi connectivity index (χ1) is 18.0. The predicted octanol–water partition coefficient (Wildman–Crippen LogP) is 4.83. The van der Waals surface area contributed by atoms with E-state index in [2.05, 4.69) is 15.2 Å². The SMILES string of the molecule is Cc1ccccc1-c1cnc(-c2cccc(-c3nncn3C(C)CN3C(=O)c4ccccc4C3=O)n2)o1. The number of aromatic nitrogens is 5. The molecule has 182 valence electrons. The number of imide groups is 1. The molecular weight excluding hydrogens is 468 g/mol. The molecule has 9 heteroatoms. The summed E-state index contributed by atoms with van der Waals surface area (Å²) in [7, 11) is 0. The number of hydrogen-bond acceptors (Lipinski definition) is 7. The number of benzene rings is 2. The summed E-state index contributed by atoms with van der Waals surface area (Å²) in [6.07, 6.45) is 3.27. The van der Waals surface area contributed by atoms with Gasteiger partial charge >= 0.3 is 0 Å². The number of fused-ring (bicyclic) bond motifs is 1. The van der Waals surface area contributed by atoms with E-state index in [-0.39, 0.29) is 24.4 Å². The number of aryl methyl sites for hydroxylation is 1. The van der Waals surface area contributed by atoms with Crippen molar-refractivity contribution in [2.45, 2.75) is 19.9 Å². The molecule has 6 rings (SSSR count). The third-order valence-electron chi connectivity index (χ3n) is 6.49. The summed E-state index contributed by atoms with van der Waals surface area (Å²) in [5, 5.41) is 8.34. The van der Waals surface area contributed by atoms with E-state index in [1.165, 1.54) is 4.90 Å². The molecule has 0 fully saturated rings. The molecular formula is C28H22N6O3. The molecule has 0 saturated carbocycles. The molecule has 0 aliphatic carbocycles. The van der Waals surface area contributed by atoms with Gasteiger partial charge in [-0.25, -0.2) is 9.97 Å². The minimum absolute atomic E-state index is 0.177. The Bertz CT molecular complexity index is 1620. The van der Waals surface area contributed by atoms with Gasteiger partial charge in [0.2, 0.25) is 5.89 Å². The molecule has 4 heterocycles. The van der Waals surface area contributed by atoms with Crippen LogP contribution >= 0.6 is 0 Å². The van der Waals surface area contributed by atoms with Gasteiger partial charge in [-0.3, -0.25) is 14.5 Å². The molecule has 3 aromatic heterocycles. The Morgan fingerprint density at radius 1 is 0.865 bits per heavy atom. The molecule has 2 aromatic carbocycles. The first-order valence-corrected chi connectivity index (χ1v) is 11.9. The number of oxazole rings is 1. The molecule has 0 spiro atoms. The number of pyridine rings is 1. The molecule has 1 unspecified atom stereocenters. The number of amides is 2. The second kappa shape index (κ2) is 8.94. The lowest BCUT2D eigenvalue weighted by atomic mass is 10.1. The maximum absolute atomic E-state index is 12.8. The van der Waals surface area contributed by atoms with E-state index in [1.807, 2.05) is 60.9 Å². The average molecular weight is 491 g/mol. The van der Waals surface area contributed by atoms with Gasteiger partial charge in [-0.2, -0.15) is 0 Å². The van der Waals surface area contributed by atoms with Gasteiger partial charge in [0.15, 0.2) is 11.6 Å². The van der Waals surface area contributed by atoms with Crippen molar-refractivity contribution in [3.8, 4) is 34.4 Å². The van der Waals surface area contributed by atoms with Crippen LogP contribution in [0.4, 0.5) is 0 Å². The Morgan fingerprint density at radius 2 is 1.54 bits per heavy atom. The standard InChI is InChI=1S/C28H22N6O3/c1-17-8-3-4-9-19(17)24-14-29-26(37-24)23-13-7-12-22(31-23)25-32-30-16-34(25)18(2)15-33-27(35)20-10-5-6-11-21(20)28(33)36/h3-14,16,18H,15H2,1-2H3. The Hall–Kier alpha value is -4.92. The summed E-state index contributed by atoms with van der Waals surface area (Å²) in [6.45, 7) is 4.10. The van der Waals surface area contributed by atoms with Gasteiger partial charge in [0.1, 0.15) is 17.7 Å². The van der Waals surface area contributed by atoms with Gasteiger partial charge in [0.25, 0.3) is 11.8 Å². The number of hydrogen-bond donors (Lipinski definition) is 0. The zero-order chi connectivity index (χ0) is 25.5. The molecule has 2 amide bonds. The second-order valence-corrected chi connectivity index (χ2v) is 8.93. The van der Waals surface area contributed by atoms with Gasteiger partial charge in [0.05, 0.1) is 23.4 Å². The highest BCUT2D eigenvalue weighted by Gasteiger charge is 2.36. The van der Waals surface area contributed by atoms with E-state index in [1.54, 1.807) is 36.8 Å². The van der Waals surface area contributed by atoms with E-state index in [4.69, 9.17) is 9.40 Å². The zero-order valence-electron chi connectivity index (χ0n) is 20.2. The summed E-state index contributed by atoms with van der Waals surface area (Å²) in [6, 6.07) is 20.0. The second-order valence-electron chi connectivity index (χ2n) is 8.93.